The van der Waals surface area contributed by atoms with Gasteiger partial charge in [0.2, 0.25) is 0 Å². The van der Waals surface area contributed by atoms with E-state index in [2.05, 4.69) is 33.8 Å². The highest BCUT2D eigenvalue weighted by Crippen LogP contribution is 2.54. The molecule has 0 aromatic heterocycles. The highest BCUT2D eigenvalue weighted by atomic mass is 16.5. The summed E-state index contributed by atoms with van der Waals surface area (Å²) in [6, 6.07) is 1.88. The summed E-state index contributed by atoms with van der Waals surface area (Å²) in [5.74, 6) is -0.254. The molecule has 2 aliphatic rings. The van der Waals surface area contributed by atoms with Crippen molar-refractivity contribution in [1.82, 2.24) is 0 Å². The number of benzene rings is 1. The van der Waals surface area contributed by atoms with Crippen LogP contribution in [0.15, 0.2) is 17.7 Å². The standard InChI is InChI=1S/C24H34O4/c1-5-6-7-8-9-10-16-14-19-21(22(25)20(16)23(26)27)17-13-15(2)11-12-18(17)24(3,4)28-19/h13-14,17-18,25H,5-12H2,1-4H3,(H,26,27)/t17-,18-/m1/s1. The Kier molecular flexibility index (Phi) is 6.07. The Morgan fingerprint density at radius 3 is 2.64 bits per heavy atom. The average molecular weight is 387 g/mol. The smallest absolute Gasteiger partial charge is 0.339 e. The number of aryl methyl sites for hydroxylation is 1. The molecule has 0 saturated heterocycles. The first-order valence-corrected chi connectivity index (χ1v) is 10.7. The summed E-state index contributed by atoms with van der Waals surface area (Å²) in [6.45, 7) is 8.50. The molecule has 0 radical (unpaired) electrons. The van der Waals surface area contributed by atoms with Crippen molar-refractivity contribution in [3.63, 3.8) is 0 Å². The van der Waals surface area contributed by atoms with Gasteiger partial charge in [-0.05, 0) is 58.1 Å². The van der Waals surface area contributed by atoms with Gasteiger partial charge in [0.1, 0.15) is 22.7 Å². The Hall–Kier alpha value is -1.97. The van der Waals surface area contributed by atoms with Crippen molar-refractivity contribution >= 4 is 5.97 Å². The van der Waals surface area contributed by atoms with Crippen LogP contribution in [0.2, 0.25) is 0 Å². The molecule has 3 rings (SSSR count). The van der Waals surface area contributed by atoms with E-state index in [9.17, 15) is 15.0 Å². The van der Waals surface area contributed by atoms with Crippen molar-refractivity contribution in [2.45, 2.75) is 90.6 Å². The summed E-state index contributed by atoms with van der Waals surface area (Å²) in [6.07, 6.45) is 10.4. The van der Waals surface area contributed by atoms with Crippen LogP contribution in [-0.4, -0.2) is 21.8 Å². The fourth-order valence-electron chi connectivity index (χ4n) is 4.97. The number of aromatic hydroxyl groups is 1. The Bertz CT molecular complexity index is 775. The molecule has 0 bridgehead atoms. The van der Waals surface area contributed by atoms with Gasteiger partial charge in [-0.25, -0.2) is 4.79 Å². The lowest BCUT2D eigenvalue weighted by molar-refractivity contribution is 0.0106. The van der Waals surface area contributed by atoms with Gasteiger partial charge in [0.25, 0.3) is 0 Å². The number of carbonyl (C=O) groups is 1. The largest absolute Gasteiger partial charge is 0.507 e. The molecule has 28 heavy (non-hydrogen) atoms. The number of unbranched alkanes of at least 4 members (excludes halogenated alkanes) is 4. The van der Waals surface area contributed by atoms with E-state index in [0.717, 1.165) is 32.1 Å². The van der Waals surface area contributed by atoms with Gasteiger partial charge in [0.15, 0.2) is 0 Å². The average Bonchev–Trinajstić information content (AvgIpc) is 2.60. The van der Waals surface area contributed by atoms with Gasteiger partial charge in [0.05, 0.1) is 0 Å². The zero-order chi connectivity index (χ0) is 20.5. The zero-order valence-corrected chi connectivity index (χ0v) is 17.7. The van der Waals surface area contributed by atoms with Crippen LogP contribution in [0.3, 0.4) is 0 Å². The van der Waals surface area contributed by atoms with Gasteiger partial charge in [-0.2, -0.15) is 0 Å². The number of hydrogen-bond acceptors (Lipinski definition) is 3. The summed E-state index contributed by atoms with van der Waals surface area (Å²) < 4.78 is 6.34. The quantitative estimate of drug-likeness (QED) is 0.431. The second kappa shape index (κ2) is 8.18. The van der Waals surface area contributed by atoms with Crippen molar-refractivity contribution in [2.75, 3.05) is 0 Å². The number of allylic oxidation sites excluding steroid dienone is 2. The van der Waals surface area contributed by atoms with Crippen LogP contribution < -0.4 is 4.74 Å². The normalized spacial score (nSPS) is 22.6. The van der Waals surface area contributed by atoms with Gasteiger partial charge < -0.3 is 14.9 Å². The third-order valence-electron chi connectivity index (χ3n) is 6.49. The molecule has 2 atom stereocenters. The number of carboxylic acids is 1. The molecule has 1 aromatic rings. The van der Waals surface area contributed by atoms with Crippen LogP contribution in [0.1, 0.15) is 100 Å². The Labute approximate surface area is 168 Å². The van der Waals surface area contributed by atoms with Gasteiger partial charge in [0, 0.05) is 17.4 Å². The van der Waals surface area contributed by atoms with Crippen LogP contribution in [-0.2, 0) is 6.42 Å². The first-order valence-electron chi connectivity index (χ1n) is 10.7. The highest BCUT2D eigenvalue weighted by Gasteiger charge is 2.46. The first-order chi connectivity index (χ1) is 13.3. The minimum Gasteiger partial charge on any atom is -0.507 e. The third-order valence-corrected chi connectivity index (χ3v) is 6.49. The third kappa shape index (κ3) is 3.92. The molecule has 0 unspecified atom stereocenters. The van der Waals surface area contributed by atoms with E-state index in [1.165, 1.54) is 18.4 Å². The molecule has 0 saturated carbocycles. The predicted octanol–water partition coefficient (Wildman–Crippen LogP) is 6.21. The topological polar surface area (TPSA) is 66.8 Å². The lowest BCUT2D eigenvalue weighted by atomic mass is 9.67. The van der Waals surface area contributed by atoms with Gasteiger partial charge >= 0.3 is 5.97 Å². The van der Waals surface area contributed by atoms with E-state index in [0.29, 0.717) is 23.3 Å². The number of aromatic carboxylic acids is 1. The number of hydrogen-bond donors (Lipinski definition) is 2. The molecule has 1 aliphatic carbocycles. The summed E-state index contributed by atoms with van der Waals surface area (Å²) in [5, 5.41) is 20.9. The van der Waals surface area contributed by atoms with Crippen LogP contribution in [0.5, 0.6) is 11.5 Å². The lowest BCUT2D eigenvalue weighted by Crippen LogP contribution is -2.45. The van der Waals surface area contributed by atoms with Crippen molar-refractivity contribution in [3.05, 3.63) is 34.4 Å². The molecule has 4 heteroatoms. The summed E-state index contributed by atoms with van der Waals surface area (Å²) in [4.78, 5) is 12.0. The molecule has 4 nitrogen and oxygen atoms in total. The molecular weight excluding hydrogens is 352 g/mol. The number of carboxylic acid groups (broad SMARTS) is 1. The summed E-state index contributed by atoms with van der Waals surface area (Å²) in [7, 11) is 0. The van der Waals surface area contributed by atoms with Crippen LogP contribution >= 0.6 is 0 Å². The van der Waals surface area contributed by atoms with Crippen molar-refractivity contribution in [3.8, 4) is 11.5 Å². The Morgan fingerprint density at radius 2 is 1.96 bits per heavy atom. The number of rotatable bonds is 7. The molecule has 154 valence electrons. The van der Waals surface area contributed by atoms with E-state index in [4.69, 9.17) is 4.74 Å². The fourth-order valence-corrected chi connectivity index (χ4v) is 4.97. The number of ether oxygens (including phenoxy) is 1. The van der Waals surface area contributed by atoms with Gasteiger partial charge in [-0.3, -0.25) is 0 Å². The van der Waals surface area contributed by atoms with E-state index < -0.39 is 5.97 Å². The van der Waals surface area contributed by atoms with Crippen molar-refractivity contribution < 1.29 is 19.7 Å². The molecule has 0 spiro atoms. The molecule has 1 aliphatic heterocycles. The van der Waals surface area contributed by atoms with Gasteiger partial charge in [-0.1, -0.05) is 44.3 Å². The monoisotopic (exact) mass is 386 g/mol. The lowest BCUT2D eigenvalue weighted by Gasteiger charge is -2.46. The minimum atomic E-state index is -1.05. The molecule has 0 amide bonds. The second-order valence-electron chi connectivity index (χ2n) is 9.03. The van der Waals surface area contributed by atoms with E-state index in [-0.39, 0.29) is 28.7 Å². The molecule has 1 heterocycles. The molecule has 2 N–H and O–H groups in total. The maximum absolute atomic E-state index is 12.0. The van der Waals surface area contributed by atoms with Crippen LogP contribution in [0.25, 0.3) is 0 Å². The van der Waals surface area contributed by atoms with E-state index in [1.807, 2.05) is 6.07 Å². The minimum absolute atomic E-state index is 0.00389. The first kappa shape index (κ1) is 20.8. The maximum atomic E-state index is 12.0. The maximum Gasteiger partial charge on any atom is 0.339 e. The van der Waals surface area contributed by atoms with Crippen LogP contribution in [0.4, 0.5) is 0 Å². The molecular formula is C24H34O4. The summed E-state index contributed by atoms with van der Waals surface area (Å²) >= 11 is 0. The van der Waals surface area contributed by atoms with Gasteiger partial charge in [-0.15, -0.1) is 0 Å². The van der Waals surface area contributed by atoms with Crippen molar-refractivity contribution in [1.29, 1.82) is 0 Å². The Balaban J connectivity index is 2.01. The predicted molar refractivity (Wildman–Crippen MR) is 111 cm³/mol. The Morgan fingerprint density at radius 1 is 1.25 bits per heavy atom. The number of phenols is 1. The zero-order valence-electron chi connectivity index (χ0n) is 17.7. The van der Waals surface area contributed by atoms with Crippen LogP contribution in [0, 0.1) is 5.92 Å². The summed E-state index contributed by atoms with van der Waals surface area (Å²) in [5.41, 5.74) is 2.36. The highest BCUT2D eigenvalue weighted by molar-refractivity contribution is 5.94. The second-order valence-corrected chi connectivity index (χ2v) is 9.03. The fraction of sp³-hybridized carbons (Fsp3) is 0.625. The van der Waals surface area contributed by atoms with Crippen molar-refractivity contribution in [2.24, 2.45) is 5.92 Å². The number of fused-ring (bicyclic) bond motifs is 3. The van der Waals surface area contributed by atoms with E-state index >= 15 is 0 Å². The molecule has 1 aromatic carbocycles. The molecule has 0 fully saturated rings. The SMILES string of the molecule is CCCCCCCc1cc2c(c(O)c1C(=O)O)[C@@H]1C=C(C)CC[C@H]1C(C)(C)O2. The van der Waals surface area contributed by atoms with E-state index in [1.54, 1.807) is 0 Å².